The van der Waals surface area contributed by atoms with Gasteiger partial charge in [0.15, 0.2) is 9.04 Å². The monoisotopic (exact) mass is 293 g/mol. The summed E-state index contributed by atoms with van der Waals surface area (Å²) in [5.41, 5.74) is 9.70. The molecule has 0 saturated carbocycles. The number of anilines is 1. The number of rotatable bonds is 3. The molecule has 0 saturated heterocycles. The van der Waals surface area contributed by atoms with E-state index in [1.54, 1.807) is 0 Å². The molecule has 1 aromatic carbocycles. The molecule has 0 spiro atoms. The predicted molar refractivity (Wildman–Crippen MR) is 91.7 cm³/mol. The van der Waals surface area contributed by atoms with E-state index < -0.39 is 9.04 Å². The lowest BCUT2D eigenvalue weighted by atomic mass is 9.81. The first kappa shape index (κ1) is 17.2. The molecule has 0 aromatic heterocycles. The van der Waals surface area contributed by atoms with Gasteiger partial charge in [-0.3, -0.25) is 0 Å². The zero-order chi connectivity index (χ0) is 15.7. The van der Waals surface area contributed by atoms with Crippen LogP contribution in [0, 0.1) is 5.41 Å². The fourth-order valence-corrected chi connectivity index (χ4v) is 3.59. The molecule has 0 aliphatic heterocycles. The van der Waals surface area contributed by atoms with Gasteiger partial charge in [-0.2, -0.15) is 0 Å². The number of hydrogen-bond acceptors (Lipinski definition) is 2. The third kappa shape index (κ3) is 4.35. The third-order valence-electron chi connectivity index (χ3n) is 3.38. The minimum absolute atomic E-state index is 0.0763. The van der Waals surface area contributed by atoms with Gasteiger partial charge < -0.3 is 10.2 Å². The Hall–Kier alpha value is -0.803. The molecule has 3 heteroatoms. The van der Waals surface area contributed by atoms with Crippen molar-refractivity contribution < 1.29 is 4.43 Å². The van der Waals surface area contributed by atoms with Gasteiger partial charge in [0, 0.05) is 5.69 Å². The summed E-state index contributed by atoms with van der Waals surface area (Å²) in [7, 11) is -1.10. The summed E-state index contributed by atoms with van der Waals surface area (Å²) in [6.45, 7) is 17.7. The molecule has 0 aliphatic rings. The van der Waals surface area contributed by atoms with E-state index in [1.807, 2.05) is 0 Å². The third-order valence-corrected chi connectivity index (χ3v) is 4.20. The molecule has 1 rings (SSSR count). The number of hydrogen-bond donors (Lipinski definition) is 1. The Labute approximate surface area is 126 Å². The zero-order valence-corrected chi connectivity index (χ0v) is 15.5. The lowest BCUT2D eigenvalue weighted by Crippen LogP contribution is -2.26. The molecule has 114 valence electrons. The van der Waals surface area contributed by atoms with Crippen molar-refractivity contribution in [2.45, 2.75) is 66.2 Å². The van der Waals surface area contributed by atoms with Crippen LogP contribution in [0.1, 0.15) is 58.8 Å². The average Bonchev–Trinajstić information content (AvgIpc) is 2.22. The van der Waals surface area contributed by atoms with Crippen LogP contribution in [-0.2, 0) is 9.84 Å². The van der Waals surface area contributed by atoms with Gasteiger partial charge in [0.25, 0.3) is 0 Å². The molecule has 0 radical (unpaired) electrons. The molecular weight excluding hydrogens is 262 g/mol. The average molecular weight is 294 g/mol. The summed E-state index contributed by atoms with van der Waals surface area (Å²) < 4.78 is 6.26. The summed E-state index contributed by atoms with van der Waals surface area (Å²) in [5.74, 6) is 0. The topological polar surface area (TPSA) is 35.2 Å². The lowest BCUT2D eigenvalue weighted by molar-refractivity contribution is 0.0866. The minimum Gasteiger partial charge on any atom is -0.413 e. The van der Waals surface area contributed by atoms with Crippen molar-refractivity contribution in [2.24, 2.45) is 5.41 Å². The van der Waals surface area contributed by atoms with Crippen molar-refractivity contribution >= 4 is 14.7 Å². The van der Waals surface area contributed by atoms with Gasteiger partial charge in [0.05, 0.1) is 6.10 Å². The van der Waals surface area contributed by atoms with Crippen LogP contribution >= 0.6 is 0 Å². The van der Waals surface area contributed by atoms with Crippen LogP contribution in [0.2, 0.25) is 13.1 Å². The van der Waals surface area contributed by atoms with E-state index in [1.165, 1.54) is 11.1 Å². The summed E-state index contributed by atoms with van der Waals surface area (Å²) in [5, 5.41) is 0. The van der Waals surface area contributed by atoms with E-state index in [4.69, 9.17) is 10.2 Å². The Kier molecular flexibility index (Phi) is 5.09. The second-order valence-electron chi connectivity index (χ2n) is 8.03. The SMILES string of the molecule is C[SiH](C)OC(c1ccc(C(C)(C)C)c(N)c1)C(C)(C)C. The Balaban J connectivity index is 3.20. The van der Waals surface area contributed by atoms with Gasteiger partial charge in [0.1, 0.15) is 0 Å². The van der Waals surface area contributed by atoms with Crippen LogP contribution in [-0.4, -0.2) is 9.04 Å². The first-order valence-electron chi connectivity index (χ1n) is 7.48. The largest absolute Gasteiger partial charge is 0.413 e. The Bertz CT molecular complexity index is 455. The van der Waals surface area contributed by atoms with Crippen molar-refractivity contribution in [3.05, 3.63) is 29.3 Å². The van der Waals surface area contributed by atoms with Gasteiger partial charge in [0.2, 0.25) is 0 Å². The van der Waals surface area contributed by atoms with E-state index in [9.17, 15) is 0 Å². The van der Waals surface area contributed by atoms with Crippen molar-refractivity contribution in [1.82, 2.24) is 0 Å². The number of nitrogen functional groups attached to an aromatic ring is 1. The summed E-state index contributed by atoms with van der Waals surface area (Å²) in [6.07, 6.45) is 0.116. The van der Waals surface area contributed by atoms with Crippen LogP contribution in [0.5, 0.6) is 0 Å². The van der Waals surface area contributed by atoms with Gasteiger partial charge in [-0.15, -0.1) is 0 Å². The van der Waals surface area contributed by atoms with Gasteiger partial charge >= 0.3 is 0 Å². The lowest BCUT2D eigenvalue weighted by Gasteiger charge is -2.34. The molecule has 0 aliphatic carbocycles. The molecule has 0 fully saturated rings. The molecule has 1 atom stereocenters. The van der Waals surface area contributed by atoms with Crippen LogP contribution in [0.25, 0.3) is 0 Å². The molecular formula is C17H31NOSi. The van der Waals surface area contributed by atoms with Crippen LogP contribution in [0.3, 0.4) is 0 Å². The zero-order valence-electron chi connectivity index (χ0n) is 14.4. The highest BCUT2D eigenvalue weighted by Gasteiger charge is 2.29. The Morgan fingerprint density at radius 3 is 1.95 bits per heavy atom. The van der Waals surface area contributed by atoms with Crippen molar-refractivity contribution in [3.63, 3.8) is 0 Å². The number of nitrogens with two attached hydrogens (primary N) is 1. The van der Waals surface area contributed by atoms with Crippen molar-refractivity contribution in [2.75, 3.05) is 5.73 Å². The highest BCUT2D eigenvalue weighted by atomic mass is 28.3. The fraction of sp³-hybridized carbons (Fsp3) is 0.647. The predicted octanol–water partition coefficient (Wildman–Crippen LogP) is 4.65. The highest BCUT2D eigenvalue weighted by molar-refractivity contribution is 6.48. The van der Waals surface area contributed by atoms with E-state index in [-0.39, 0.29) is 16.9 Å². The molecule has 20 heavy (non-hydrogen) atoms. The molecule has 2 nitrogen and oxygen atoms in total. The van der Waals surface area contributed by atoms with E-state index in [0.29, 0.717) is 0 Å². The maximum Gasteiger partial charge on any atom is 0.171 e. The standard InChI is InChI=1S/C17H31NOSi/c1-16(2,3)13-10-9-12(11-14(13)18)15(17(4,5)6)19-20(7)8/h9-11,15,20H,18H2,1-8H3. The van der Waals surface area contributed by atoms with Gasteiger partial charge in [-0.25, -0.2) is 0 Å². The Morgan fingerprint density at radius 1 is 1.05 bits per heavy atom. The van der Waals surface area contributed by atoms with E-state index in [2.05, 4.69) is 72.8 Å². The molecule has 2 N–H and O–H groups in total. The molecule has 1 unspecified atom stereocenters. The second kappa shape index (κ2) is 5.90. The quantitative estimate of drug-likeness (QED) is 0.650. The summed E-state index contributed by atoms with van der Waals surface area (Å²) in [4.78, 5) is 0. The first-order chi connectivity index (χ1) is 8.93. The first-order valence-corrected chi connectivity index (χ1v) is 10.3. The van der Waals surface area contributed by atoms with Crippen molar-refractivity contribution in [1.29, 1.82) is 0 Å². The maximum absolute atomic E-state index is 6.28. The fourth-order valence-electron chi connectivity index (χ4n) is 2.48. The minimum atomic E-state index is -1.10. The highest BCUT2D eigenvalue weighted by Crippen LogP contribution is 2.39. The van der Waals surface area contributed by atoms with Crippen molar-refractivity contribution in [3.8, 4) is 0 Å². The van der Waals surface area contributed by atoms with Crippen LogP contribution in [0.15, 0.2) is 18.2 Å². The maximum atomic E-state index is 6.28. The summed E-state index contributed by atoms with van der Waals surface area (Å²) >= 11 is 0. The van der Waals surface area contributed by atoms with Crippen LogP contribution < -0.4 is 5.73 Å². The normalized spacial score (nSPS) is 14.7. The number of benzene rings is 1. The second-order valence-corrected chi connectivity index (χ2v) is 10.4. The van der Waals surface area contributed by atoms with E-state index in [0.717, 1.165) is 5.69 Å². The van der Waals surface area contributed by atoms with Crippen LogP contribution in [0.4, 0.5) is 5.69 Å². The molecule has 0 amide bonds. The summed E-state index contributed by atoms with van der Waals surface area (Å²) in [6, 6.07) is 6.45. The Morgan fingerprint density at radius 2 is 1.60 bits per heavy atom. The molecule has 1 aromatic rings. The molecule has 0 bridgehead atoms. The molecule has 0 heterocycles. The smallest absolute Gasteiger partial charge is 0.171 e. The van der Waals surface area contributed by atoms with E-state index >= 15 is 0 Å². The van der Waals surface area contributed by atoms with Gasteiger partial charge in [-0.05, 0) is 41.1 Å². The van der Waals surface area contributed by atoms with Gasteiger partial charge in [-0.1, -0.05) is 53.7 Å².